The number of carboxylic acid groups (broad SMARTS) is 1. The Bertz CT molecular complexity index is 215. The Balaban J connectivity index is 2.21. The van der Waals surface area contributed by atoms with E-state index in [0.717, 1.165) is 0 Å². The standard InChI is InChI=1S/C8H12O4/c1-7(2-11-3-7)8(6(9)10)4-12-5-8/h2-5H2,1H3,(H,9,10). The smallest absolute Gasteiger partial charge is 0.315 e. The highest BCUT2D eigenvalue weighted by Crippen LogP contribution is 2.49. The Morgan fingerprint density at radius 2 is 1.75 bits per heavy atom. The molecule has 0 aromatic carbocycles. The highest BCUT2D eigenvalue weighted by Gasteiger charge is 2.62. The first-order valence-corrected chi connectivity index (χ1v) is 4.00. The van der Waals surface area contributed by atoms with Gasteiger partial charge in [0.15, 0.2) is 0 Å². The summed E-state index contributed by atoms with van der Waals surface area (Å²) >= 11 is 0. The van der Waals surface area contributed by atoms with E-state index in [-0.39, 0.29) is 5.41 Å². The molecule has 0 unspecified atom stereocenters. The number of hydrogen-bond donors (Lipinski definition) is 1. The van der Waals surface area contributed by atoms with Crippen LogP contribution in [-0.4, -0.2) is 37.5 Å². The normalized spacial score (nSPS) is 30.1. The van der Waals surface area contributed by atoms with Crippen molar-refractivity contribution in [1.82, 2.24) is 0 Å². The lowest BCUT2D eigenvalue weighted by Crippen LogP contribution is -2.66. The number of rotatable bonds is 2. The van der Waals surface area contributed by atoms with Gasteiger partial charge in [-0.1, -0.05) is 6.92 Å². The lowest BCUT2D eigenvalue weighted by Gasteiger charge is -2.54. The summed E-state index contributed by atoms with van der Waals surface area (Å²) in [5.74, 6) is -0.750. The average Bonchev–Trinajstić information content (AvgIpc) is 1.80. The molecule has 0 saturated carbocycles. The highest BCUT2D eigenvalue weighted by molar-refractivity contribution is 5.77. The van der Waals surface area contributed by atoms with Crippen LogP contribution in [0.3, 0.4) is 0 Å². The quantitative estimate of drug-likeness (QED) is 0.643. The summed E-state index contributed by atoms with van der Waals surface area (Å²) in [5.41, 5.74) is -0.887. The Labute approximate surface area is 70.5 Å². The largest absolute Gasteiger partial charge is 0.481 e. The van der Waals surface area contributed by atoms with Gasteiger partial charge in [0, 0.05) is 5.41 Å². The fourth-order valence-corrected chi connectivity index (χ4v) is 1.72. The summed E-state index contributed by atoms with van der Waals surface area (Å²) in [6.07, 6.45) is 0. The highest BCUT2D eigenvalue weighted by atomic mass is 16.5. The van der Waals surface area contributed by atoms with E-state index in [2.05, 4.69) is 0 Å². The second kappa shape index (κ2) is 2.20. The third kappa shape index (κ3) is 0.716. The first-order chi connectivity index (χ1) is 5.61. The fourth-order valence-electron chi connectivity index (χ4n) is 1.72. The van der Waals surface area contributed by atoms with Crippen molar-refractivity contribution < 1.29 is 19.4 Å². The number of ether oxygens (including phenoxy) is 2. The van der Waals surface area contributed by atoms with Gasteiger partial charge in [-0.25, -0.2) is 0 Å². The first kappa shape index (κ1) is 8.01. The molecule has 0 amide bonds. The molecule has 0 aromatic rings. The van der Waals surface area contributed by atoms with E-state index in [4.69, 9.17) is 14.6 Å². The van der Waals surface area contributed by atoms with Gasteiger partial charge in [0.25, 0.3) is 0 Å². The van der Waals surface area contributed by atoms with E-state index >= 15 is 0 Å². The van der Waals surface area contributed by atoms with Crippen LogP contribution in [0.2, 0.25) is 0 Å². The second-order valence-corrected chi connectivity index (χ2v) is 3.93. The molecule has 4 heteroatoms. The maximum atomic E-state index is 11.0. The molecule has 0 aliphatic carbocycles. The number of hydrogen-bond acceptors (Lipinski definition) is 3. The van der Waals surface area contributed by atoms with Crippen LogP contribution >= 0.6 is 0 Å². The van der Waals surface area contributed by atoms with Gasteiger partial charge in [-0.2, -0.15) is 0 Å². The minimum Gasteiger partial charge on any atom is -0.481 e. The van der Waals surface area contributed by atoms with E-state index < -0.39 is 11.4 Å². The summed E-state index contributed by atoms with van der Waals surface area (Å²) < 4.78 is 10.0. The van der Waals surface area contributed by atoms with Crippen molar-refractivity contribution in [3.05, 3.63) is 0 Å². The molecule has 2 aliphatic rings. The van der Waals surface area contributed by atoms with Gasteiger partial charge < -0.3 is 14.6 Å². The van der Waals surface area contributed by atoms with Crippen LogP contribution in [0.5, 0.6) is 0 Å². The molecule has 0 radical (unpaired) electrons. The van der Waals surface area contributed by atoms with Gasteiger partial charge in [0.05, 0.1) is 26.4 Å². The first-order valence-electron chi connectivity index (χ1n) is 4.00. The Morgan fingerprint density at radius 1 is 1.25 bits per heavy atom. The van der Waals surface area contributed by atoms with E-state index in [9.17, 15) is 4.79 Å². The van der Waals surface area contributed by atoms with Gasteiger partial charge in [0.2, 0.25) is 0 Å². The Kier molecular flexibility index (Phi) is 1.47. The molecule has 68 valence electrons. The Morgan fingerprint density at radius 3 is 1.83 bits per heavy atom. The van der Waals surface area contributed by atoms with E-state index in [0.29, 0.717) is 26.4 Å². The molecule has 0 bridgehead atoms. The topological polar surface area (TPSA) is 55.8 Å². The van der Waals surface area contributed by atoms with Crippen molar-refractivity contribution in [1.29, 1.82) is 0 Å². The van der Waals surface area contributed by atoms with E-state index in [1.807, 2.05) is 6.92 Å². The minimum atomic E-state index is -0.750. The van der Waals surface area contributed by atoms with Crippen molar-refractivity contribution in [3.63, 3.8) is 0 Å². The molecule has 0 aromatic heterocycles. The van der Waals surface area contributed by atoms with Crippen molar-refractivity contribution in [2.24, 2.45) is 10.8 Å². The summed E-state index contributed by atoms with van der Waals surface area (Å²) in [6, 6.07) is 0. The molecular formula is C8H12O4. The van der Waals surface area contributed by atoms with Crippen molar-refractivity contribution in [2.45, 2.75) is 6.92 Å². The molecular weight excluding hydrogens is 160 g/mol. The van der Waals surface area contributed by atoms with Gasteiger partial charge in [-0.05, 0) is 0 Å². The van der Waals surface area contributed by atoms with E-state index in [1.165, 1.54) is 0 Å². The van der Waals surface area contributed by atoms with Crippen LogP contribution in [0.25, 0.3) is 0 Å². The van der Waals surface area contributed by atoms with Crippen molar-refractivity contribution in [2.75, 3.05) is 26.4 Å². The molecule has 12 heavy (non-hydrogen) atoms. The second-order valence-electron chi connectivity index (χ2n) is 3.93. The van der Waals surface area contributed by atoms with Crippen LogP contribution in [-0.2, 0) is 14.3 Å². The predicted molar refractivity (Wildman–Crippen MR) is 39.8 cm³/mol. The summed E-state index contributed by atoms with van der Waals surface area (Å²) in [4.78, 5) is 11.0. The van der Waals surface area contributed by atoms with Crippen LogP contribution in [0.15, 0.2) is 0 Å². The van der Waals surface area contributed by atoms with Gasteiger partial charge >= 0.3 is 5.97 Å². The number of aliphatic carboxylic acids is 1. The van der Waals surface area contributed by atoms with Crippen LogP contribution in [0, 0.1) is 10.8 Å². The molecule has 2 aliphatic heterocycles. The monoisotopic (exact) mass is 172 g/mol. The number of carboxylic acids is 1. The average molecular weight is 172 g/mol. The molecule has 2 rings (SSSR count). The summed E-state index contributed by atoms with van der Waals surface area (Å²) in [6.45, 7) is 3.71. The minimum absolute atomic E-state index is 0.211. The lowest BCUT2D eigenvalue weighted by atomic mass is 9.61. The predicted octanol–water partition coefficient (Wildman–Crippen LogP) is 0.124. The third-order valence-corrected chi connectivity index (χ3v) is 3.10. The molecule has 1 N–H and O–H groups in total. The fraction of sp³-hybridized carbons (Fsp3) is 0.875. The maximum absolute atomic E-state index is 11.0. The van der Waals surface area contributed by atoms with Crippen LogP contribution in [0.1, 0.15) is 6.92 Å². The van der Waals surface area contributed by atoms with E-state index in [1.54, 1.807) is 0 Å². The molecule has 2 fully saturated rings. The van der Waals surface area contributed by atoms with Gasteiger partial charge in [-0.3, -0.25) is 4.79 Å². The summed E-state index contributed by atoms with van der Waals surface area (Å²) in [5, 5.41) is 9.05. The van der Waals surface area contributed by atoms with Crippen molar-refractivity contribution in [3.8, 4) is 0 Å². The molecule has 2 heterocycles. The Hall–Kier alpha value is -0.610. The van der Waals surface area contributed by atoms with Crippen LogP contribution in [0.4, 0.5) is 0 Å². The van der Waals surface area contributed by atoms with Crippen LogP contribution < -0.4 is 0 Å². The molecule has 0 atom stereocenters. The molecule has 4 nitrogen and oxygen atoms in total. The van der Waals surface area contributed by atoms with Gasteiger partial charge in [-0.15, -0.1) is 0 Å². The third-order valence-electron chi connectivity index (χ3n) is 3.10. The lowest BCUT2D eigenvalue weighted by molar-refractivity contribution is -0.260. The maximum Gasteiger partial charge on any atom is 0.315 e. The SMILES string of the molecule is CC1(C2(C(=O)O)COC2)COC1. The zero-order valence-electron chi connectivity index (χ0n) is 7.00. The van der Waals surface area contributed by atoms with Crippen molar-refractivity contribution >= 4 is 5.97 Å². The molecule has 2 saturated heterocycles. The zero-order chi connectivity index (χ0) is 8.82. The van der Waals surface area contributed by atoms with Gasteiger partial charge in [0.1, 0.15) is 5.41 Å². The zero-order valence-corrected chi connectivity index (χ0v) is 7.00. The number of carbonyl (C=O) groups is 1. The molecule has 0 spiro atoms. The summed E-state index contributed by atoms with van der Waals surface area (Å²) in [7, 11) is 0.